The van der Waals surface area contributed by atoms with E-state index in [1.807, 2.05) is 0 Å². The largest absolute Gasteiger partial charge is 0.472 e. The Morgan fingerprint density at radius 1 is 0.622 bits per heavy atom. The van der Waals surface area contributed by atoms with Crippen molar-refractivity contribution in [1.29, 1.82) is 0 Å². The highest BCUT2D eigenvalue weighted by Gasteiger charge is 2.50. The predicted molar refractivity (Wildman–Crippen MR) is 136 cm³/mol. The third-order valence-electron chi connectivity index (χ3n) is 6.48. The number of phosphoric acid groups is 2. The van der Waals surface area contributed by atoms with Gasteiger partial charge in [0, 0.05) is 0 Å². The summed E-state index contributed by atoms with van der Waals surface area (Å²) in [6.07, 6.45) is -25.9. The fraction of sp³-hybridized carbons (Fsp3) is 1.00. The Labute approximate surface area is 254 Å². The van der Waals surface area contributed by atoms with E-state index in [1.165, 1.54) is 0 Å². The molecule has 0 radical (unpaired) electrons. The van der Waals surface area contributed by atoms with Crippen molar-refractivity contribution in [2.45, 2.75) is 85.8 Å². The third kappa shape index (κ3) is 11.6. The van der Waals surface area contributed by atoms with Gasteiger partial charge in [0.1, 0.15) is 73.2 Å². The maximum atomic E-state index is 12.3. The van der Waals surface area contributed by atoms with E-state index in [-0.39, 0.29) is 0 Å². The molecule has 0 spiro atoms. The summed E-state index contributed by atoms with van der Waals surface area (Å²) in [5.74, 6) is 0. The van der Waals surface area contributed by atoms with Crippen LogP contribution in [-0.4, -0.2) is 197 Å². The van der Waals surface area contributed by atoms with Crippen LogP contribution in [0.5, 0.6) is 0 Å². The molecule has 0 aliphatic carbocycles. The average molecular weight is 710 g/mol. The monoisotopic (exact) mass is 710 g/mol. The minimum Gasteiger partial charge on any atom is -0.394 e. The summed E-state index contributed by atoms with van der Waals surface area (Å²) in [6, 6.07) is 0. The number of aliphatic hydroxyl groups excluding tert-OH is 12. The van der Waals surface area contributed by atoms with Crippen LogP contribution in [0.3, 0.4) is 0 Å². The number of rotatable bonds is 20. The Kier molecular flexibility index (Phi) is 16.2. The van der Waals surface area contributed by atoms with Gasteiger partial charge in [0.25, 0.3) is 0 Å². The molecule has 14 N–H and O–H groups in total. The topological polar surface area (TPSA) is 382 Å². The van der Waals surface area contributed by atoms with Gasteiger partial charge in [-0.15, -0.1) is 0 Å². The van der Waals surface area contributed by atoms with Gasteiger partial charge in [-0.25, -0.2) is 9.13 Å². The van der Waals surface area contributed by atoms with Crippen molar-refractivity contribution >= 4 is 15.6 Å². The van der Waals surface area contributed by atoms with Crippen LogP contribution >= 0.6 is 15.6 Å². The second-order valence-electron chi connectivity index (χ2n) is 9.89. The van der Waals surface area contributed by atoms with Crippen LogP contribution in [-0.2, 0) is 41.4 Å². The van der Waals surface area contributed by atoms with Crippen molar-refractivity contribution in [3.05, 3.63) is 0 Å². The smallest absolute Gasteiger partial charge is 0.394 e. The third-order valence-corrected chi connectivity index (χ3v) is 8.45. The van der Waals surface area contributed by atoms with Crippen LogP contribution in [0.4, 0.5) is 0 Å². The van der Waals surface area contributed by atoms with E-state index in [9.17, 15) is 75.1 Å². The standard InChI is InChI=1S/C20H40O23P2/c21-1-7(24)13(28)9(26)5-38-45(35,36)43-18-12(3-23)41-20(16(18)31)37-4-8(25)14(29)10(27)6-39-44(33,34)42-17-11(2-22)40-19(32)15(17)30/h7-32H,1-6H2,(H,33,34)(H,35,36)/t7?,8?,9?,10?,11-,12-,13?,14?,15?,16?,17+,18+,19-,20-/m1/s1. The molecule has 268 valence electrons. The predicted octanol–water partition coefficient (Wildman–Crippen LogP) is -7.69. The van der Waals surface area contributed by atoms with E-state index in [4.69, 9.17) is 23.8 Å². The number of ether oxygens (including phenoxy) is 3. The van der Waals surface area contributed by atoms with Gasteiger partial charge in [-0.05, 0) is 0 Å². The summed E-state index contributed by atoms with van der Waals surface area (Å²) in [4.78, 5) is 19.8. The second kappa shape index (κ2) is 17.9. The van der Waals surface area contributed by atoms with Crippen molar-refractivity contribution < 1.29 is 113 Å². The van der Waals surface area contributed by atoms with Gasteiger partial charge in [0.05, 0.1) is 39.6 Å². The van der Waals surface area contributed by atoms with Crippen LogP contribution in [0.2, 0.25) is 0 Å². The summed E-state index contributed by atoms with van der Waals surface area (Å²) < 4.78 is 57.9. The molecule has 0 bridgehead atoms. The molecule has 2 rings (SSSR count). The first kappa shape index (κ1) is 40.8. The first-order chi connectivity index (χ1) is 20.9. The van der Waals surface area contributed by atoms with Crippen molar-refractivity contribution in [2.24, 2.45) is 0 Å². The minimum atomic E-state index is -5.16. The fourth-order valence-electron chi connectivity index (χ4n) is 3.94. The van der Waals surface area contributed by atoms with E-state index in [2.05, 4.69) is 13.6 Å². The molecule has 0 saturated carbocycles. The molecule has 2 saturated heterocycles. The first-order valence-electron chi connectivity index (χ1n) is 13.1. The Bertz CT molecular complexity index is 977. The second-order valence-corrected chi connectivity index (χ2v) is 12.7. The maximum Gasteiger partial charge on any atom is 0.472 e. The van der Waals surface area contributed by atoms with Gasteiger partial charge in [0.2, 0.25) is 0 Å². The molecule has 2 aliphatic rings. The molecule has 2 aliphatic heterocycles. The van der Waals surface area contributed by atoms with Crippen LogP contribution < -0.4 is 0 Å². The molecule has 45 heavy (non-hydrogen) atoms. The average Bonchev–Trinajstić information content (AvgIpc) is 3.44. The Morgan fingerprint density at radius 2 is 1.04 bits per heavy atom. The Hall–Kier alpha value is -0.380. The molecule has 0 amide bonds. The molecule has 2 fully saturated rings. The lowest BCUT2D eigenvalue weighted by molar-refractivity contribution is -0.194. The van der Waals surface area contributed by atoms with Gasteiger partial charge >= 0.3 is 15.6 Å². The molecule has 2 heterocycles. The molecular weight excluding hydrogens is 670 g/mol. The summed E-state index contributed by atoms with van der Waals surface area (Å²) in [7, 11) is -10.3. The van der Waals surface area contributed by atoms with Crippen LogP contribution in [0, 0.1) is 0 Å². The molecule has 0 aromatic carbocycles. The lowest BCUT2D eigenvalue weighted by Crippen LogP contribution is -2.44. The van der Waals surface area contributed by atoms with Gasteiger partial charge in [-0.3, -0.25) is 18.1 Å². The lowest BCUT2D eigenvalue weighted by Gasteiger charge is -2.26. The summed E-state index contributed by atoms with van der Waals surface area (Å²) >= 11 is 0. The zero-order chi connectivity index (χ0) is 34.3. The minimum absolute atomic E-state index is 0.822. The van der Waals surface area contributed by atoms with Crippen LogP contribution in [0.1, 0.15) is 0 Å². The van der Waals surface area contributed by atoms with Gasteiger partial charge in [-0.1, -0.05) is 0 Å². The zero-order valence-corrected chi connectivity index (χ0v) is 24.9. The fourth-order valence-corrected chi connectivity index (χ4v) is 5.88. The van der Waals surface area contributed by atoms with Crippen molar-refractivity contribution in [3.63, 3.8) is 0 Å². The SMILES string of the molecule is O=P(O)(OCC(O)C(O)C(O)CO)O[C@@H]1C(O)[C@H](OCC(O)C(O)C(O)COP(=O)(O)O[C@@H]2C(O)[C@H](O)O[C@@H]2CO)O[C@@H]1CO. The summed E-state index contributed by atoms with van der Waals surface area (Å²) in [5, 5.41) is 116. The van der Waals surface area contributed by atoms with Gasteiger partial charge in [0.15, 0.2) is 12.6 Å². The lowest BCUT2D eigenvalue weighted by atomic mass is 10.1. The molecule has 0 aromatic rings. The normalized spacial score (nSPS) is 35.7. The molecule has 25 heteroatoms. The molecule has 0 aromatic heterocycles. The van der Waals surface area contributed by atoms with Gasteiger partial charge in [-0.2, -0.15) is 0 Å². The van der Waals surface area contributed by atoms with Crippen LogP contribution in [0.25, 0.3) is 0 Å². The first-order valence-corrected chi connectivity index (χ1v) is 16.1. The highest BCUT2D eigenvalue weighted by molar-refractivity contribution is 7.47. The number of hydrogen-bond donors (Lipinski definition) is 14. The quantitative estimate of drug-likeness (QED) is 0.0522. The highest BCUT2D eigenvalue weighted by Crippen LogP contribution is 2.48. The summed E-state index contributed by atoms with van der Waals surface area (Å²) in [5.41, 5.74) is 0. The zero-order valence-electron chi connectivity index (χ0n) is 23.2. The molecule has 10 unspecified atom stereocenters. The van der Waals surface area contributed by atoms with E-state index in [0.717, 1.165) is 0 Å². The molecule has 16 atom stereocenters. The van der Waals surface area contributed by atoms with Gasteiger partial charge < -0.3 is 85.3 Å². The van der Waals surface area contributed by atoms with E-state index in [0.29, 0.717) is 0 Å². The Balaban J connectivity index is 1.86. The Morgan fingerprint density at radius 3 is 1.51 bits per heavy atom. The molecular formula is C20H40O23P2. The van der Waals surface area contributed by atoms with Crippen LogP contribution in [0.15, 0.2) is 0 Å². The van der Waals surface area contributed by atoms with E-state index >= 15 is 0 Å². The van der Waals surface area contributed by atoms with E-state index in [1.54, 1.807) is 0 Å². The highest BCUT2D eigenvalue weighted by atomic mass is 31.2. The molecule has 23 nitrogen and oxygen atoms in total. The van der Waals surface area contributed by atoms with E-state index < -0.39 is 141 Å². The maximum absolute atomic E-state index is 12.3. The number of hydrogen-bond acceptors (Lipinski definition) is 21. The number of phosphoric ester groups is 2. The summed E-state index contributed by atoms with van der Waals surface area (Å²) in [6.45, 7) is -5.85. The van der Waals surface area contributed by atoms with Crippen molar-refractivity contribution in [2.75, 3.05) is 39.6 Å². The van der Waals surface area contributed by atoms with Crippen molar-refractivity contribution in [3.8, 4) is 0 Å². The van der Waals surface area contributed by atoms with Crippen molar-refractivity contribution in [1.82, 2.24) is 0 Å². The number of aliphatic hydroxyl groups is 12.